The monoisotopic (exact) mass is 410 g/mol. The molecular weight excluding hydrogens is 380 g/mol. The Morgan fingerprint density at radius 1 is 0.867 bits per heavy atom. The summed E-state index contributed by atoms with van der Waals surface area (Å²) in [5, 5.41) is 15.0. The molecule has 2 aromatic rings. The number of rotatable bonds is 8. The fraction of sp³-hybridized carbons (Fsp3) is 0.375. The average Bonchev–Trinajstić information content (AvgIpc) is 2.66. The fourth-order valence-corrected chi connectivity index (χ4v) is 2.98. The third-order valence-corrected chi connectivity index (χ3v) is 4.72. The molecule has 0 heterocycles. The molecule has 0 aliphatic rings. The van der Waals surface area contributed by atoms with E-state index in [1.54, 1.807) is 20.8 Å². The van der Waals surface area contributed by atoms with Gasteiger partial charge in [0.2, 0.25) is 11.8 Å². The van der Waals surface area contributed by atoms with Crippen LogP contribution in [0.3, 0.4) is 0 Å². The summed E-state index contributed by atoms with van der Waals surface area (Å²) >= 11 is 0. The highest BCUT2D eigenvalue weighted by molar-refractivity contribution is 5.92. The van der Waals surface area contributed by atoms with Gasteiger partial charge in [0, 0.05) is 18.3 Å². The van der Waals surface area contributed by atoms with Crippen LogP contribution in [0.5, 0.6) is 0 Å². The quantitative estimate of drug-likeness (QED) is 0.624. The molecule has 0 saturated heterocycles. The Morgan fingerprint density at radius 3 is 2.03 bits per heavy atom. The molecule has 6 nitrogen and oxygen atoms in total. The van der Waals surface area contributed by atoms with Gasteiger partial charge in [0.05, 0.1) is 0 Å². The number of carbonyl (C=O) groups is 3. The van der Waals surface area contributed by atoms with Crippen molar-refractivity contribution in [1.29, 1.82) is 0 Å². The molecule has 160 valence electrons. The predicted octanol–water partition coefficient (Wildman–Crippen LogP) is 2.88. The molecule has 2 atom stereocenters. The molecule has 0 radical (unpaired) electrons. The predicted molar refractivity (Wildman–Crippen MR) is 116 cm³/mol. The second kappa shape index (κ2) is 10.1. The number of carboxylic acids is 1. The van der Waals surface area contributed by atoms with Crippen LogP contribution in [0, 0.1) is 12.3 Å². The molecule has 0 aliphatic heterocycles. The Kier molecular flexibility index (Phi) is 7.75. The van der Waals surface area contributed by atoms with E-state index in [1.807, 2.05) is 61.5 Å². The first-order valence-corrected chi connectivity index (χ1v) is 10.00. The zero-order valence-corrected chi connectivity index (χ0v) is 17.9. The van der Waals surface area contributed by atoms with Crippen molar-refractivity contribution in [3.63, 3.8) is 0 Å². The smallest absolute Gasteiger partial charge is 0.326 e. The van der Waals surface area contributed by atoms with Crippen molar-refractivity contribution in [2.75, 3.05) is 0 Å². The maximum atomic E-state index is 13.0. The van der Waals surface area contributed by atoms with E-state index in [1.165, 1.54) is 0 Å². The average molecular weight is 411 g/mol. The van der Waals surface area contributed by atoms with Crippen LogP contribution in [-0.2, 0) is 27.2 Å². The van der Waals surface area contributed by atoms with Crippen LogP contribution in [0.2, 0.25) is 0 Å². The first-order chi connectivity index (χ1) is 14.1. The minimum atomic E-state index is -1.12. The summed E-state index contributed by atoms with van der Waals surface area (Å²) in [5.74, 6) is -1.91. The van der Waals surface area contributed by atoms with Gasteiger partial charge in [-0.05, 0) is 18.1 Å². The number of amides is 2. The SMILES string of the molecule is Cc1cccc(C[C@@H](NC(=O)C(C)(C)C)C(=O)N[C@H](Cc2ccccc2)C(=O)O)c1. The normalized spacial score (nSPS) is 13.2. The zero-order chi connectivity index (χ0) is 22.3. The number of nitrogens with one attached hydrogen (secondary N) is 2. The summed E-state index contributed by atoms with van der Waals surface area (Å²) < 4.78 is 0. The van der Waals surface area contributed by atoms with Crippen molar-refractivity contribution in [1.82, 2.24) is 10.6 Å². The van der Waals surface area contributed by atoms with Crippen molar-refractivity contribution in [2.24, 2.45) is 5.41 Å². The van der Waals surface area contributed by atoms with Gasteiger partial charge in [0.1, 0.15) is 12.1 Å². The number of carboxylic acid groups (broad SMARTS) is 1. The van der Waals surface area contributed by atoms with Crippen LogP contribution in [0.1, 0.15) is 37.5 Å². The van der Waals surface area contributed by atoms with Gasteiger partial charge in [-0.2, -0.15) is 0 Å². The maximum Gasteiger partial charge on any atom is 0.326 e. The van der Waals surface area contributed by atoms with Gasteiger partial charge in [-0.1, -0.05) is 80.9 Å². The molecule has 0 bridgehead atoms. The van der Waals surface area contributed by atoms with Crippen molar-refractivity contribution >= 4 is 17.8 Å². The minimum Gasteiger partial charge on any atom is -0.480 e. The Labute approximate surface area is 177 Å². The van der Waals surface area contributed by atoms with Gasteiger partial charge in [0.25, 0.3) is 0 Å². The summed E-state index contributed by atoms with van der Waals surface area (Å²) in [6.45, 7) is 7.24. The van der Waals surface area contributed by atoms with Gasteiger partial charge < -0.3 is 15.7 Å². The topological polar surface area (TPSA) is 95.5 Å². The number of hydrogen-bond donors (Lipinski definition) is 3. The van der Waals surface area contributed by atoms with Crippen LogP contribution >= 0.6 is 0 Å². The molecule has 2 amide bonds. The first-order valence-electron chi connectivity index (χ1n) is 10.00. The Bertz CT molecular complexity index is 888. The second-order valence-corrected chi connectivity index (χ2v) is 8.56. The van der Waals surface area contributed by atoms with Gasteiger partial charge in [-0.15, -0.1) is 0 Å². The molecule has 0 unspecified atom stereocenters. The minimum absolute atomic E-state index is 0.159. The van der Waals surface area contributed by atoms with Crippen molar-refractivity contribution < 1.29 is 19.5 Å². The highest BCUT2D eigenvalue weighted by atomic mass is 16.4. The van der Waals surface area contributed by atoms with E-state index in [2.05, 4.69) is 10.6 Å². The number of hydrogen-bond acceptors (Lipinski definition) is 3. The highest BCUT2D eigenvalue weighted by Crippen LogP contribution is 2.15. The molecule has 3 N–H and O–H groups in total. The molecule has 2 aromatic carbocycles. The van der Waals surface area contributed by atoms with Crippen LogP contribution in [-0.4, -0.2) is 35.0 Å². The summed E-state index contributed by atoms with van der Waals surface area (Å²) in [4.78, 5) is 37.3. The highest BCUT2D eigenvalue weighted by Gasteiger charge is 2.30. The van der Waals surface area contributed by atoms with Crippen molar-refractivity contribution in [3.8, 4) is 0 Å². The molecule has 30 heavy (non-hydrogen) atoms. The van der Waals surface area contributed by atoms with E-state index >= 15 is 0 Å². The second-order valence-electron chi connectivity index (χ2n) is 8.56. The Hall–Kier alpha value is -3.15. The number of carbonyl (C=O) groups excluding carboxylic acids is 2. The number of aliphatic carboxylic acids is 1. The van der Waals surface area contributed by atoms with E-state index in [-0.39, 0.29) is 18.7 Å². The van der Waals surface area contributed by atoms with E-state index < -0.39 is 29.4 Å². The summed E-state index contributed by atoms with van der Waals surface area (Å²) in [6.07, 6.45) is 0.430. The van der Waals surface area contributed by atoms with Crippen LogP contribution in [0.4, 0.5) is 0 Å². The first kappa shape index (κ1) is 23.1. The van der Waals surface area contributed by atoms with Crippen LogP contribution in [0.15, 0.2) is 54.6 Å². The van der Waals surface area contributed by atoms with E-state index in [9.17, 15) is 19.5 Å². The van der Waals surface area contributed by atoms with Crippen LogP contribution < -0.4 is 10.6 Å². The molecular formula is C24H30N2O4. The number of benzene rings is 2. The molecule has 6 heteroatoms. The van der Waals surface area contributed by atoms with Gasteiger partial charge in [0.15, 0.2) is 0 Å². The van der Waals surface area contributed by atoms with E-state index in [4.69, 9.17) is 0 Å². The van der Waals surface area contributed by atoms with Crippen molar-refractivity contribution in [3.05, 3.63) is 71.3 Å². The van der Waals surface area contributed by atoms with Gasteiger partial charge >= 0.3 is 5.97 Å². The van der Waals surface area contributed by atoms with Crippen molar-refractivity contribution in [2.45, 2.75) is 52.6 Å². The van der Waals surface area contributed by atoms with Gasteiger partial charge in [-0.3, -0.25) is 9.59 Å². The molecule has 0 spiro atoms. The van der Waals surface area contributed by atoms with Gasteiger partial charge in [-0.25, -0.2) is 4.79 Å². The maximum absolute atomic E-state index is 13.0. The van der Waals surface area contributed by atoms with Crippen LogP contribution in [0.25, 0.3) is 0 Å². The fourth-order valence-electron chi connectivity index (χ4n) is 2.98. The molecule has 0 aliphatic carbocycles. The summed E-state index contributed by atoms with van der Waals surface area (Å²) in [7, 11) is 0. The molecule has 2 rings (SSSR count). The lowest BCUT2D eigenvalue weighted by atomic mass is 9.94. The number of aryl methyl sites for hydroxylation is 1. The molecule has 0 saturated carbocycles. The largest absolute Gasteiger partial charge is 0.480 e. The Balaban J connectivity index is 2.20. The third kappa shape index (κ3) is 7.03. The summed E-state index contributed by atoms with van der Waals surface area (Å²) in [6, 6.07) is 14.8. The lowest BCUT2D eigenvalue weighted by Gasteiger charge is -2.25. The summed E-state index contributed by atoms with van der Waals surface area (Å²) in [5.41, 5.74) is 2.06. The van der Waals surface area contributed by atoms with E-state index in [0.29, 0.717) is 0 Å². The van der Waals surface area contributed by atoms with E-state index in [0.717, 1.165) is 16.7 Å². The molecule has 0 fully saturated rings. The zero-order valence-electron chi connectivity index (χ0n) is 17.9. The third-order valence-electron chi connectivity index (χ3n) is 4.72. The lowest BCUT2D eigenvalue weighted by molar-refractivity contribution is -0.142. The standard InChI is InChI=1S/C24H30N2O4/c1-16-9-8-12-18(13-16)15-19(26-23(30)24(2,3)4)21(27)25-20(22(28)29)14-17-10-6-5-7-11-17/h5-13,19-20H,14-15H2,1-4H3,(H,25,27)(H,26,30)(H,28,29)/t19-,20-/m1/s1. The lowest BCUT2D eigenvalue weighted by Crippen LogP contribution is -2.54. The molecule has 0 aromatic heterocycles. The Morgan fingerprint density at radius 2 is 1.47 bits per heavy atom.